The average Bonchev–Trinajstić information content (AvgIpc) is 2.29. The van der Waals surface area contributed by atoms with E-state index >= 15 is 0 Å². The SMILES string of the molecule is NCCCCC(=Cc1ccccc1)C(N)=O. The van der Waals surface area contributed by atoms with Crippen molar-refractivity contribution in [3.63, 3.8) is 0 Å². The highest BCUT2D eigenvalue weighted by molar-refractivity contribution is 5.96. The molecule has 0 atom stereocenters. The molecule has 0 aliphatic heterocycles. The van der Waals surface area contributed by atoms with Crippen molar-refractivity contribution in [3.8, 4) is 0 Å². The van der Waals surface area contributed by atoms with Crippen molar-refractivity contribution in [2.45, 2.75) is 19.3 Å². The van der Waals surface area contributed by atoms with E-state index in [-0.39, 0.29) is 5.91 Å². The maximum atomic E-state index is 11.2. The lowest BCUT2D eigenvalue weighted by atomic mass is 10.0. The zero-order valence-corrected chi connectivity index (χ0v) is 9.36. The van der Waals surface area contributed by atoms with Gasteiger partial charge >= 0.3 is 0 Å². The molecule has 3 nitrogen and oxygen atoms in total. The van der Waals surface area contributed by atoms with Crippen LogP contribution in [0.5, 0.6) is 0 Å². The summed E-state index contributed by atoms with van der Waals surface area (Å²) in [5.74, 6) is -0.346. The lowest BCUT2D eigenvalue weighted by Crippen LogP contribution is -2.14. The van der Waals surface area contributed by atoms with Gasteiger partial charge in [-0.3, -0.25) is 4.79 Å². The fourth-order valence-electron chi connectivity index (χ4n) is 1.48. The summed E-state index contributed by atoms with van der Waals surface area (Å²) in [4.78, 5) is 11.2. The van der Waals surface area contributed by atoms with Crippen LogP contribution in [0.1, 0.15) is 24.8 Å². The molecule has 1 rings (SSSR count). The molecule has 0 aliphatic rings. The summed E-state index contributed by atoms with van der Waals surface area (Å²) in [5.41, 5.74) is 12.4. The summed E-state index contributed by atoms with van der Waals surface area (Å²) in [6.07, 6.45) is 4.36. The number of hydrogen-bond acceptors (Lipinski definition) is 2. The third-order valence-electron chi connectivity index (χ3n) is 2.36. The molecule has 0 saturated carbocycles. The topological polar surface area (TPSA) is 69.1 Å². The summed E-state index contributed by atoms with van der Waals surface area (Å²) >= 11 is 0. The Morgan fingerprint density at radius 3 is 2.44 bits per heavy atom. The number of nitrogens with two attached hydrogens (primary N) is 2. The summed E-state index contributed by atoms with van der Waals surface area (Å²) in [5, 5.41) is 0. The van der Waals surface area contributed by atoms with Crippen LogP contribution in [0.2, 0.25) is 0 Å². The van der Waals surface area contributed by atoms with Crippen molar-refractivity contribution >= 4 is 12.0 Å². The van der Waals surface area contributed by atoms with Gasteiger partial charge in [0, 0.05) is 5.57 Å². The number of amides is 1. The second kappa shape index (κ2) is 6.80. The van der Waals surface area contributed by atoms with Gasteiger partial charge in [-0.1, -0.05) is 30.3 Å². The number of unbranched alkanes of at least 4 members (excludes halogenated alkanes) is 1. The van der Waals surface area contributed by atoms with E-state index in [2.05, 4.69) is 0 Å². The van der Waals surface area contributed by atoms with E-state index < -0.39 is 0 Å². The third-order valence-corrected chi connectivity index (χ3v) is 2.36. The highest BCUT2D eigenvalue weighted by atomic mass is 16.1. The number of benzene rings is 1. The van der Waals surface area contributed by atoms with Crippen LogP contribution in [0.3, 0.4) is 0 Å². The van der Waals surface area contributed by atoms with Crippen LogP contribution in [-0.4, -0.2) is 12.5 Å². The zero-order valence-electron chi connectivity index (χ0n) is 9.36. The van der Waals surface area contributed by atoms with E-state index in [0.29, 0.717) is 18.5 Å². The molecule has 4 N–H and O–H groups in total. The molecule has 16 heavy (non-hydrogen) atoms. The molecule has 0 aromatic heterocycles. The van der Waals surface area contributed by atoms with Crippen LogP contribution < -0.4 is 11.5 Å². The molecule has 0 fully saturated rings. The van der Waals surface area contributed by atoms with Gasteiger partial charge in [0.15, 0.2) is 0 Å². The molecule has 1 aromatic carbocycles. The van der Waals surface area contributed by atoms with Gasteiger partial charge in [0.2, 0.25) is 5.91 Å². The van der Waals surface area contributed by atoms with E-state index in [9.17, 15) is 4.79 Å². The molecule has 0 spiro atoms. The highest BCUT2D eigenvalue weighted by Gasteiger charge is 2.04. The number of primary amides is 1. The molecule has 0 saturated heterocycles. The molecule has 0 heterocycles. The van der Waals surface area contributed by atoms with Crippen molar-refractivity contribution < 1.29 is 4.79 Å². The molecule has 0 bridgehead atoms. The first-order valence-corrected chi connectivity index (χ1v) is 5.49. The molecular weight excluding hydrogens is 200 g/mol. The summed E-state index contributed by atoms with van der Waals surface area (Å²) < 4.78 is 0. The summed E-state index contributed by atoms with van der Waals surface area (Å²) in [6, 6.07) is 9.71. The molecule has 0 aliphatic carbocycles. The van der Waals surface area contributed by atoms with E-state index in [0.717, 1.165) is 18.4 Å². The lowest BCUT2D eigenvalue weighted by Gasteiger charge is -2.03. The average molecular weight is 218 g/mol. The molecule has 1 aromatic rings. The van der Waals surface area contributed by atoms with Crippen LogP contribution in [0, 0.1) is 0 Å². The molecule has 3 heteroatoms. The van der Waals surface area contributed by atoms with Crippen LogP contribution in [0.4, 0.5) is 0 Å². The molecular formula is C13H18N2O. The van der Waals surface area contributed by atoms with Crippen LogP contribution in [0.25, 0.3) is 6.08 Å². The normalized spacial score (nSPS) is 11.4. The smallest absolute Gasteiger partial charge is 0.244 e. The Balaban J connectivity index is 2.70. The van der Waals surface area contributed by atoms with Crippen molar-refractivity contribution in [2.24, 2.45) is 11.5 Å². The Hall–Kier alpha value is -1.61. The highest BCUT2D eigenvalue weighted by Crippen LogP contribution is 2.12. The fourth-order valence-corrected chi connectivity index (χ4v) is 1.48. The Labute approximate surface area is 96.1 Å². The maximum Gasteiger partial charge on any atom is 0.244 e. The van der Waals surface area contributed by atoms with E-state index in [1.807, 2.05) is 36.4 Å². The Bertz CT molecular complexity index is 357. The molecule has 86 valence electrons. The lowest BCUT2D eigenvalue weighted by molar-refractivity contribution is -0.114. The predicted molar refractivity (Wildman–Crippen MR) is 66.5 cm³/mol. The first-order chi connectivity index (χ1) is 7.74. The number of carbonyl (C=O) groups excluding carboxylic acids is 1. The van der Waals surface area contributed by atoms with Crippen molar-refractivity contribution in [1.82, 2.24) is 0 Å². The number of carbonyl (C=O) groups is 1. The predicted octanol–water partition coefficient (Wildman–Crippen LogP) is 1.68. The van der Waals surface area contributed by atoms with Gasteiger partial charge in [-0.15, -0.1) is 0 Å². The van der Waals surface area contributed by atoms with E-state index in [4.69, 9.17) is 11.5 Å². The van der Waals surface area contributed by atoms with Gasteiger partial charge in [-0.05, 0) is 37.4 Å². The summed E-state index contributed by atoms with van der Waals surface area (Å²) in [6.45, 7) is 0.650. The quantitative estimate of drug-likeness (QED) is 0.563. The number of hydrogen-bond donors (Lipinski definition) is 2. The van der Waals surface area contributed by atoms with Crippen LogP contribution in [0.15, 0.2) is 35.9 Å². The largest absolute Gasteiger partial charge is 0.366 e. The first kappa shape index (κ1) is 12.5. The second-order valence-electron chi connectivity index (χ2n) is 3.69. The van der Waals surface area contributed by atoms with E-state index in [1.54, 1.807) is 0 Å². The van der Waals surface area contributed by atoms with Crippen LogP contribution in [-0.2, 0) is 4.79 Å². The minimum Gasteiger partial charge on any atom is -0.366 e. The Kier molecular flexibility index (Phi) is 5.29. The van der Waals surface area contributed by atoms with Crippen molar-refractivity contribution in [2.75, 3.05) is 6.54 Å². The van der Waals surface area contributed by atoms with Gasteiger partial charge in [-0.25, -0.2) is 0 Å². The van der Waals surface area contributed by atoms with E-state index in [1.165, 1.54) is 0 Å². The molecule has 1 amide bonds. The third kappa shape index (κ3) is 4.28. The molecule has 0 unspecified atom stereocenters. The van der Waals surface area contributed by atoms with Gasteiger partial charge in [0.05, 0.1) is 0 Å². The van der Waals surface area contributed by atoms with Gasteiger partial charge < -0.3 is 11.5 Å². The second-order valence-corrected chi connectivity index (χ2v) is 3.69. The van der Waals surface area contributed by atoms with Crippen molar-refractivity contribution in [1.29, 1.82) is 0 Å². The standard InChI is InChI=1S/C13H18N2O/c14-9-5-4-8-12(13(15)16)10-11-6-2-1-3-7-11/h1-3,6-7,10H,4-5,8-9,14H2,(H2,15,16). The van der Waals surface area contributed by atoms with Gasteiger partial charge in [0.25, 0.3) is 0 Å². The fraction of sp³-hybridized carbons (Fsp3) is 0.308. The van der Waals surface area contributed by atoms with Gasteiger partial charge in [0.1, 0.15) is 0 Å². The minimum atomic E-state index is -0.346. The maximum absolute atomic E-state index is 11.2. The van der Waals surface area contributed by atoms with Crippen molar-refractivity contribution in [3.05, 3.63) is 41.5 Å². The molecule has 0 radical (unpaired) electrons. The van der Waals surface area contributed by atoms with Crippen LogP contribution >= 0.6 is 0 Å². The zero-order chi connectivity index (χ0) is 11.8. The number of rotatable bonds is 6. The summed E-state index contributed by atoms with van der Waals surface area (Å²) in [7, 11) is 0. The van der Waals surface area contributed by atoms with Gasteiger partial charge in [-0.2, -0.15) is 0 Å². The monoisotopic (exact) mass is 218 g/mol. The Morgan fingerprint density at radius 2 is 1.88 bits per heavy atom. The minimum absolute atomic E-state index is 0.346. The first-order valence-electron chi connectivity index (χ1n) is 5.49. The Morgan fingerprint density at radius 1 is 1.19 bits per heavy atom.